The molecule has 0 fully saturated rings. The molecule has 0 aliphatic rings. The lowest BCUT2D eigenvalue weighted by Gasteiger charge is -2.11. The molecule has 2 aromatic carbocycles. The van der Waals surface area contributed by atoms with Gasteiger partial charge in [-0.25, -0.2) is 4.98 Å². The zero-order valence-corrected chi connectivity index (χ0v) is 11.0. The molecule has 0 unspecified atom stereocenters. The van der Waals surface area contributed by atoms with Crippen molar-refractivity contribution >= 4 is 5.91 Å². The molecule has 21 heavy (non-hydrogen) atoms. The maximum atomic E-state index is 11.4. The molecular weight excluding hydrogens is 268 g/mol. The van der Waals surface area contributed by atoms with Gasteiger partial charge in [-0.05, 0) is 24.3 Å². The van der Waals surface area contributed by atoms with Gasteiger partial charge in [0, 0.05) is 0 Å². The van der Waals surface area contributed by atoms with Crippen molar-refractivity contribution in [1.29, 1.82) is 0 Å². The Kier molecular flexibility index (Phi) is 3.39. The number of nitrogens with two attached hydrogens (primary N) is 1. The molecule has 0 saturated carbocycles. The van der Waals surface area contributed by atoms with Gasteiger partial charge in [0.2, 0.25) is 0 Å². The fourth-order valence-corrected chi connectivity index (χ4v) is 1.99. The Balaban J connectivity index is 2.02. The average molecular weight is 280 g/mol. The molecule has 104 valence electrons. The highest BCUT2D eigenvalue weighted by atomic mass is 16.5. The number of hydrogen-bond donors (Lipinski definition) is 1. The van der Waals surface area contributed by atoms with Crippen LogP contribution in [-0.4, -0.2) is 10.9 Å². The Labute approximate surface area is 121 Å². The maximum Gasteiger partial charge on any atom is 0.252 e. The van der Waals surface area contributed by atoms with Crippen LogP contribution < -0.4 is 10.5 Å². The number of carbonyl (C=O) groups excluding carboxylic acids is 1. The number of primary amides is 1. The maximum absolute atomic E-state index is 11.4. The molecule has 0 radical (unpaired) electrons. The summed E-state index contributed by atoms with van der Waals surface area (Å²) >= 11 is 0. The molecule has 1 amide bonds. The lowest BCUT2D eigenvalue weighted by Crippen LogP contribution is -2.12. The fraction of sp³-hybridized carbons (Fsp3) is 0. The van der Waals surface area contributed by atoms with Gasteiger partial charge in [-0.2, -0.15) is 0 Å². The van der Waals surface area contributed by atoms with Gasteiger partial charge in [-0.15, -0.1) is 0 Å². The van der Waals surface area contributed by atoms with Crippen molar-refractivity contribution in [2.75, 3.05) is 0 Å². The number of aromatic nitrogens is 1. The number of carbonyl (C=O) groups is 1. The summed E-state index contributed by atoms with van der Waals surface area (Å²) < 4.78 is 11.1. The van der Waals surface area contributed by atoms with Gasteiger partial charge in [0.25, 0.3) is 5.91 Å². The van der Waals surface area contributed by atoms with Crippen molar-refractivity contribution in [2.45, 2.75) is 0 Å². The first-order valence-corrected chi connectivity index (χ1v) is 6.30. The second-order valence-electron chi connectivity index (χ2n) is 4.32. The fourth-order valence-electron chi connectivity index (χ4n) is 1.99. The Morgan fingerprint density at radius 1 is 1.05 bits per heavy atom. The number of para-hydroxylation sites is 2. The summed E-state index contributed by atoms with van der Waals surface area (Å²) in [4.78, 5) is 15.3. The van der Waals surface area contributed by atoms with Crippen LogP contribution >= 0.6 is 0 Å². The highest BCUT2D eigenvalue weighted by Gasteiger charge is 2.13. The predicted octanol–water partition coefficient (Wildman–Crippen LogP) is 3.23. The average Bonchev–Trinajstić information content (AvgIpc) is 3.02. The van der Waals surface area contributed by atoms with Crippen molar-refractivity contribution in [3.8, 4) is 22.8 Å². The summed E-state index contributed by atoms with van der Waals surface area (Å²) in [5.41, 5.74) is 6.42. The highest BCUT2D eigenvalue weighted by molar-refractivity contribution is 5.95. The van der Waals surface area contributed by atoms with E-state index in [1.165, 1.54) is 6.39 Å². The predicted molar refractivity (Wildman–Crippen MR) is 77.0 cm³/mol. The number of amides is 1. The Morgan fingerprint density at radius 3 is 2.48 bits per heavy atom. The number of oxazole rings is 1. The van der Waals surface area contributed by atoms with Gasteiger partial charge in [-0.3, -0.25) is 4.79 Å². The molecular formula is C16H12N2O3. The Morgan fingerprint density at radius 2 is 1.76 bits per heavy atom. The third-order valence-corrected chi connectivity index (χ3v) is 2.96. The first-order valence-electron chi connectivity index (χ1n) is 6.30. The van der Waals surface area contributed by atoms with Crippen LogP contribution in [0.25, 0.3) is 11.3 Å². The van der Waals surface area contributed by atoms with Crippen LogP contribution in [0.15, 0.2) is 65.5 Å². The largest absolute Gasteiger partial charge is 0.456 e. The highest BCUT2D eigenvalue weighted by Crippen LogP contribution is 2.34. The molecule has 5 nitrogen and oxygen atoms in total. The topological polar surface area (TPSA) is 78.4 Å². The third kappa shape index (κ3) is 2.62. The standard InChI is InChI=1S/C16H12N2O3/c17-16(19)12-6-2-4-8-14(12)21-13-7-3-1-5-11(13)15-9-18-10-20-15/h1-10H,(H2,17,19). The van der Waals surface area contributed by atoms with E-state index < -0.39 is 5.91 Å². The van der Waals surface area contributed by atoms with Crippen molar-refractivity contribution in [1.82, 2.24) is 4.98 Å². The summed E-state index contributed by atoms with van der Waals surface area (Å²) in [6.07, 6.45) is 2.95. The second kappa shape index (κ2) is 5.50. The van der Waals surface area contributed by atoms with E-state index in [9.17, 15) is 4.79 Å². The van der Waals surface area contributed by atoms with Gasteiger partial charge in [0.15, 0.2) is 12.2 Å². The number of nitrogens with zero attached hydrogens (tertiary/aromatic N) is 1. The Hall–Kier alpha value is -3.08. The number of rotatable bonds is 4. The molecule has 0 spiro atoms. The van der Waals surface area contributed by atoms with Crippen molar-refractivity contribution in [3.63, 3.8) is 0 Å². The van der Waals surface area contributed by atoms with E-state index in [4.69, 9.17) is 14.9 Å². The zero-order valence-electron chi connectivity index (χ0n) is 11.0. The van der Waals surface area contributed by atoms with Crippen molar-refractivity contribution < 1.29 is 13.9 Å². The van der Waals surface area contributed by atoms with E-state index in [0.29, 0.717) is 22.8 Å². The van der Waals surface area contributed by atoms with E-state index in [2.05, 4.69) is 4.98 Å². The van der Waals surface area contributed by atoms with E-state index in [0.717, 1.165) is 5.56 Å². The quantitative estimate of drug-likeness (QED) is 0.795. The lowest BCUT2D eigenvalue weighted by molar-refractivity contribution is 0.0998. The van der Waals surface area contributed by atoms with Gasteiger partial charge < -0.3 is 14.9 Å². The first kappa shape index (κ1) is 12.9. The lowest BCUT2D eigenvalue weighted by atomic mass is 10.1. The SMILES string of the molecule is NC(=O)c1ccccc1Oc1ccccc1-c1cnco1. The zero-order chi connectivity index (χ0) is 14.7. The minimum atomic E-state index is -0.539. The monoisotopic (exact) mass is 280 g/mol. The summed E-state index contributed by atoms with van der Waals surface area (Å²) in [5.74, 6) is 1.00. The normalized spacial score (nSPS) is 10.3. The third-order valence-electron chi connectivity index (χ3n) is 2.96. The van der Waals surface area contributed by atoms with Crippen LogP contribution in [0.1, 0.15) is 10.4 Å². The smallest absolute Gasteiger partial charge is 0.252 e. The number of ether oxygens (including phenoxy) is 1. The van der Waals surface area contributed by atoms with Crippen molar-refractivity contribution in [3.05, 3.63) is 66.7 Å². The van der Waals surface area contributed by atoms with Crippen LogP contribution in [-0.2, 0) is 0 Å². The molecule has 0 saturated heterocycles. The minimum Gasteiger partial charge on any atom is -0.456 e. The molecule has 2 N–H and O–H groups in total. The molecule has 0 aliphatic carbocycles. The van der Waals surface area contributed by atoms with Crippen LogP contribution in [0, 0.1) is 0 Å². The van der Waals surface area contributed by atoms with Gasteiger partial charge in [0.1, 0.15) is 11.5 Å². The van der Waals surface area contributed by atoms with Gasteiger partial charge >= 0.3 is 0 Å². The second-order valence-corrected chi connectivity index (χ2v) is 4.32. The van der Waals surface area contributed by atoms with E-state index in [1.54, 1.807) is 36.5 Å². The summed E-state index contributed by atoms with van der Waals surface area (Å²) in [5, 5.41) is 0. The first-order chi connectivity index (χ1) is 10.3. The molecule has 1 aromatic heterocycles. The molecule has 0 bridgehead atoms. The molecule has 0 atom stereocenters. The Bertz CT molecular complexity index is 767. The van der Waals surface area contributed by atoms with E-state index in [1.807, 2.05) is 18.2 Å². The molecule has 1 heterocycles. The molecule has 3 aromatic rings. The van der Waals surface area contributed by atoms with Crippen molar-refractivity contribution in [2.24, 2.45) is 5.73 Å². The van der Waals surface area contributed by atoms with Gasteiger partial charge in [0.05, 0.1) is 17.3 Å². The van der Waals surface area contributed by atoms with Crippen LogP contribution in [0.4, 0.5) is 0 Å². The number of hydrogen-bond acceptors (Lipinski definition) is 4. The molecule has 3 rings (SSSR count). The summed E-state index contributed by atoms with van der Waals surface area (Å²) in [7, 11) is 0. The summed E-state index contributed by atoms with van der Waals surface area (Å²) in [6, 6.07) is 14.2. The van der Waals surface area contributed by atoms with Crippen LogP contribution in [0.3, 0.4) is 0 Å². The molecule has 0 aliphatic heterocycles. The van der Waals surface area contributed by atoms with E-state index >= 15 is 0 Å². The minimum absolute atomic E-state index is 0.324. The van der Waals surface area contributed by atoms with Crippen LogP contribution in [0.5, 0.6) is 11.5 Å². The number of benzene rings is 2. The van der Waals surface area contributed by atoms with E-state index in [-0.39, 0.29) is 0 Å². The molecule has 5 heteroatoms. The summed E-state index contributed by atoms with van der Waals surface area (Å²) in [6.45, 7) is 0. The van der Waals surface area contributed by atoms with Gasteiger partial charge in [-0.1, -0.05) is 24.3 Å². The van der Waals surface area contributed by atoms with Crippen LogP contribution in [0.2, 0.25) is 0 Å².